The summed E-state index contributed by atoms with van der Waals surface area (Å²) in [5.74, 6) is 2.97. The molecular weight excluding hydrogens is 256 g/mol. The molecule has 0 saturated carbocycles. The number of benzene rings is 1. The van der Waals surface area contributed by atoms with E-state index in [9.17, 15) is 0 Å². The SMILES string of the molecule is COc1ccc(C(C)NCc2ncc(C)o2)cc1OC. The lowest BCUT2D eigenvalue weighted by molar-refractivity contribution is 0.353. The van der Waals surface area contributed by atoms with Gasteiger partial charge in [-0.1, -0.05) is 6.07 Å². The van der Waals surface area contributed by atoms with Crippen molar-refractivity contribution < 1.29 is 13.9 Å². The van der Waals surface area contributed by atoms with E-state index in [4.69, 9.17) is 13.9 Å². The maximum Gasteiger partial charge on any atom is 0.208 e. The van der Waals surface area contributed by atoms with E-state index in [1.165, 1.54) is 0 Å². The summed E-state index contributed by atoms with van der Waals surface area (Å²) in [6, 6.07) is 6.04. The van der Waals surface area contributed by atoms with Gasteiger partial charge in [-0.25, -0.2) is 4.98 Å². The molecule has 0 radical (unpaired) electrons. The summed E-state index contributed by atoms with van der Waals surface area (Å²) < 4.78 is 16.0. The van der Waals surface area contributed by atoms with Gasteiger partial charge in [-0.3, -0.25) is 0 Å². The van der Waals surface area contributed by atoms with E-state index < -0.39 is 0 Å². The van der Waals surface area contributed by atoms with Crippen molar-refractivity contribution in [2.24, 2.45) is 0 Å². The standard InChI is InChI=1S/C15H20N2O3/c1-10-8-17-15(20-10)9-16-11(2)12-5-6-13(18-3)14(7-12)19-4/h5-8,11,16H,9H2,1-4H3. The molecule has 20 heavy (non-hydrogen) atoms. The number of nitrogens with zero attached hydrogens (tertiary/aromatic N) is 1. The Balaban J connectivity index is 2.03. The van der Waals surface area contributed by atoms with Crippen LogP contribution in [0.3, 0.4) is 0 Å². The van der Waals surface area contributed by atoms with E-state index >= 15 is 0 Å². The van der Waals surface area contributed by atoms with E-state index in [0.717, 1.165) is 22.8 Å². The minimum atomic E-state index is 0.155. The van der Waals surface area contributed by atoms with E-state index in [2.05, 4.69) is 17.2 Å². The zero-order valence-electron chi connectivity index (χ0n) is 12.3. The number of rotatable bonds is 6. The van der Waals surface area contributed by atoms with Crippen LogP contribution < -0.4 is 14.8 Å². The van der Waals surface area contributed by atoms with Gasteiger partial charge in [-0.05, 0) is 31.5 Å². The first kappa shape index (κ1) is 14.4. The summed E-state index contributed by atoms with van der Waals surface area (Å²) in [5, 5.41) is 3.36. The smallest absolute Gasteiger partial charge is 0.208 e. The number of ether oxygens (including phenoxy) is 2. The molecule has 1 aromatic carbocycles. The summed E-state index contributed by atoms with van der Waals surface area (Å²) >= 11 is 0. The molecule has 0 aliphatic heterocycles. The molecule has 0 fully saturated rings. The minimum absolute atomic E-state index is 0.155. The van der Waals surface area contributed by atoms with Crippen LogP contribution in [0, 0.1) is 6.92 Å². The molecule has 2 rings (SSSR count). The van der Waals surface area contributed by atoms with Crippen LogP contribution in [0.15, 0.2) is 28.8 Å². The highest BCUT2D eigenvalue weighted by atomic mass is 16.5. The Bertz CT molecular complexity index is 566. The molecule has 0 aliphatic carbocycles. The Morgan fingerprint density at radius 3 is 2.60 bits per heavy atom. The fourth-order valence-corrected chi connectivity index (χ4v) is 1.96. The van der Waals surface area contributed by atoms with Crippen LogP contribution in [-0.4, -0.2) is 19.2 Å². The molecule has 0 saturated heterocycles. The van der Waals surface area contributed by atoms with Crippen LogP contribution in [0.2, 0.25) is 0 Å². The normalized spacial score (nSPS) is 12.2. The van der Waals surface area contributed by atoms with Gasteiger partial charge in [-0.2, -0.15) is 0 Å². The largest absolute Gasteiger partial charge is 0.493 e. The zero-order chi connectivity index (χ0) is 14.5. The van der Waals surface area contributed by atoms with E-state index in [0.29, 0.717) is 12.4 Å². The van der Waals surface area contributed by atoms with Gasteiger partial charge >= 0.3 is 0 Å². The predicted octanol–water partition coefficient (Wildman–Crippen LogP) is 2.85. The van der Waals surface area contributed by atoms with Crippen LogP contribution in [0.5, 0.6) is 11.5 Å². The second-order valence-electron chi connectivity index (χ2n) is 4.58. The first-order chi connectivity index (χ1) is 9.63. The Hall–Kier alpha value is -2.01. The molecule has 1 heterocycles. The van der Waals surface area contributed by atoms with Crippen LogP contribution in [0.4, 0.5) is 0 Å². The lowest BCUT2D eigenvalue weighted by atomic mass is 10.1. The van der Waals surface area contributed by atoms with Crippen LogP contribution >= 0.6 is 0 Å². The maximum absolute atomic E-state index is 5.43. The molecule has 108 valence electrons. The Kier molecular flexibility index (Phi) is 4.63. The quantitative estimate of drug-likeness (QED) is 0.879. The van der Waals surface area contributed by atoms with Gasteiger partial charge in [0, 0.05) is 6.04 Å². The Morgan fingerprint density at radius 1 is 1.25 bits per heavy atom. The fraction of sp³-hybridized carbons (Fsp3) is 0.400. The average Bonchev–Trinajstić information content (AvgIpc) is 2.89. The third-order valence-electron chi connectivity index (χ3n) is 3.14. The molecule has 5 nitrogen and oxygen atoms in total. The van der Waals surface area contributed by atoms with Crippen molar-refractivity contribution in [1.82, 2.24) is 10.3 Å². The minimum Gasteiger partial charge on any atom is -0.493 e. The number of methoxy groups -OCH3 is 2. The highest BCUT2D eigenvalue weighted by Crippen LogP contribution is 2.29. The van der Waals surface area contributed by atoms with Crippen LogP contribution in [0.25, 0.3) is 0 Å². The highest BCUT2D eigenvalue weighted by Gasteiger charge is 2.11. The van der Waals surface area contributed by atoms with Gasteiger partial charge in [-0.15, -0.1) is 0 Å². The van der Waals surface area contributed by atoms with Crippen molar-refractivity contribution in [3.8, 4) is 11.5 Å². The molecular formula is C15H20N2O3. The second-order valence-corrected chi connectivity index (χ2v) is 4.58. The molecule has 0 aliphatic rings. The number of hydrogen-bond acceptors (Lipinski definition) is 5. The van der Waals surface area contributed by atoms with Gasteiger partial charge in [0.1, 0.15) is 5.76 Å². The number of oxazole rings is 1. The molecule has 1 atom stereocenters. The van der Waals surface area contributed by atoms with Gasteiger partial charge < -0.3 is 19.2 Å². The van der Waals surface area contributed by atoms with Gasteiger partial charge in [0.15, 0.2) is 11.5 Å². The second kappa shape index (κ2) is 6.43. The Labute approximate surface area is 118 Å². The van der Waals surface area contributed by atoms with Gasteiger partial charge in [0.2, 0.25) is 5.89 Å². The van der Waals surface area contributed by atoms with Crippen LogP contribution in [0.1, 0.15) is 30.2 Å². The summed E-state index contributed by atoms with van der Waals surface area (Å²) in [5.41, 5.74) is 1.12. The maximum atomic E-state index is 5.43. The summed E-state index contributed by atoms with van der Waals surface area (Å²) in [7, 11) is 3.26. The highest BCUT2D eigenvalue weighted by molar-refractivity contribution is 5.43. The van der Waals surface area contributed by atoms with Crippen LogP contribution in [-0.2, 0) is 6.54 Å². The topological polar surface area (TPSA) is 56.5 Å². The summed E-state index contributed by atoms with van der Waals surface area (Å²) in [6.07, 6.45) is 1.72. The van der Waals surface area contributed by atoms with E-state index in [1.807, 2.05) is 25.1 Å². The van der Waals surface area contributed by atoms with Crippen molar-refractivity contribution in [2.75, 3.05) is 14.2 Å². The average molecular weight is 276 g/mol. The third kappa shape index (κ3) is 3.30. The lowest BCUT2D eigenvalue weighted by Gasteiger charge is -2.15. The third-order valence-corrected chi connectivity index (χ3v) is 3.14. The van der Waals surface area contributed by atoms with Gasteiger partial charge in [0.05, 0.1) is 27.0 Å². The first-order valence-electron chi connectivity index (χ1n) is 6.50. The van der Waals surface area contributed by atoms with E-state index in [1.54, 1.807) is 20.4 Å². The van der Waals surface area contributed by atoms with E-state index in [-0.39, 0.29) is 6.04 Å². The molecule has 1 unspecified atom stereocenters. The number of aromatic nitrogens is 1. The summed E-state index contributed by atoms with van der Waals surface area (Å²) in [6.45, 7) is 4.55. The van der Waals surface area contributed by atoms with Crippen molar-refractivity contribution in [3.63, 3.8) is 0 Å². The number of hydrogen-bond donors (Lipinski definition) is 1. The first-order valence-corrected chi connectivity index (χ1v) is 6.50. The summed E-state index contributed by atoms with van der Waals surface area (Å²) in [4.78, 5) is 4.17. The molecule has 2 aromatic rings. The fourth-order valence-electron chi connectivity index (χ4n) is 1.96. The zero-order valence-corrected chi connectivity index (χ0v) is 12.3. The molecule has 0 spiro atoms. The predicted molar refractivity (Wildman–Crippen MR) is 76.0 cm³/mol. The van der Waals surface area contributed by atoms with Crippen molar-refractivity contribution in [1.29, 1.82) is 0 Å². The van der Waals surface area contributed by atoms with Crippen molar-refractivity contribution in [2.45, 2.75) is 26.4 Å². The lowest BCUT2D eigenvalue weighted by Crippen LogP contribution is -2.18. The molecule has 0 bridgehead atoms. The molecule has 1 aromatic heterocycles. The molecule has 0 amide bonds. The molecule has 1 N–H and O–H groups in total. The van der Waals surface area contributed by atoms with Crippen molar-refractivity contribution in [3.05, 3.63) is 41.6 Å². The Morgan fingerprint density at radius 2 is 2.00 bits per heavy atom. The van der Waals surface area contributed by atoms with Crippen molar-refractivity contribution >= 4 is 0 Å². The number of nitrogens with one attached hydrogen (secondary N) is 1. The van der Waals surface area contributed by atoms with Gasteiger partial charge in [0.25, 0.3) is 0 Å². The number of aryl methyl sites for hydroxylation is 1. The monoisotopic (exact) mass is 276 g/mol. The molecule has 5 heteroatoms.